The number of rotatable bonds is 4. The van der Waals surface area contributed by atoms with Gasteiger partial charge >= 0.3 is 5.69 Å². The minimum Gasteiger partial charge on any atom is -0.351 e. The highest BCUT2D eigenvalue weighted by Gasteiger charge is 2.13. The zero-order valence-corrected chi connectivity index (χ0v) is 13.5. The van der Waals surface area contributed by atoms with Crippen molar-refractivity contribution in [3.05, 3.63) is 69.0 Å². The van der Waals surface area contributed by atoms with Gasteiger partial charge in [-0.2, -0.15) is 4.98 Å². The maximum absolute atomic E-state index is 12.7. The zero-order valence-electron chi connectivity index (χ0n) is 13.5. The summed E-state index contributed by atoms with van der Waals surface area (Å²) in [5.74, 6) is 0.321. The van der Waals surface area contributed by atoms with Crippen LogP contribution in [0.4, 0.5) is 5.95 Å². The molecule has 0 atom stereocenters. The van der Waals surface area contributed by atoms with Crippen molar-refractivity contribution in [3.8, 4) is 5.69 Å². The number of hydrogen-bond acceptors (Lipinski definition) is 5. The SMILES string of the molecule is C=CCNc1ncc2c(=O)n(-c3ccc(C)cc3C)c(=O)[nH]c2n1. The number of aromatic nitrogens is 4. The van der Waals surface area contributed by atoms with Crippen LogP contribution in [-0.2, 0) is 0 Å². The average molecular weight is 323 g/mol. The Bertz CT molecular complexity index is 1050. The lowest BCUT2D eigenvalue weighted by atomic mass is 10.1. The first-order valence-corrected chi connectivity index (χ1v) is 7.45. The number of H-pyrrole nitrogens is 1. The van der Waals surface area contributed by atoms with E-state index in [0.717, 1.165) is 15.7 Å². The van der Waals surface area contributed by atoms with Gasteiger partial charge in [-0.1, -0.05) is 23.8 Å². The molecule has 0 saturated carbocycles. The molecular weight excluding hydrogens is 306 g/mol. The van der Waals surface area contributed by atoms with E-state index in [1.807, 2.05) is 26.0 Å². The van der Waals surface area contributed by atoms with Gasteiger partial charge in [-0.25, -0.2) is 14.3 Å². The molecule has 122 valence electrons. The molecule has 0 unspecified atom stereocenters. The van der Waals surface area contributed by atoms with Gasteiger partial charge in [0.15, 0.2) is 5.65 Å². The lowest BCUT2D eigenvalue weighted by Gasteiger charge is -2.10. The highest BCUT2D eigenvalue weighted by Crippen LogP contribution is 2.13. The van der Waals surface area contributed by atoms with E-state index in [1.165, 1.54) is 6.20 Å². The second kappa shape index (κ2) is 6.11. The largest absolute Gasteiger partial charge is 0.351 e. The molecule has 0 aliphatic carbocycles. The molecule has 2 N–H and O–H groups in total. The van der Waals surface area contributed by atoms with E-state index in [9.17, 15) is 9.59 Å². The van der Waals surface area contributed by atoms with Crippen LogP contribution in [0.25, 0.3) is 16.7 Å². The van der Waals surface area contributed by atoms with Gasteiger partial charge in [0.25, 0.3) is 5.56 Å². The predicted molar refractivity (Wildman–Crippen MR) is 93.9 cm³/mol. The van der Waals surface area contributed by atoms with Crippen molar-refractivity contribution in [2.24, 2.45) is 0 Å². The van der Waals surface area contributed by atoms with Crippen molar-refractivity contribution in [1.29, 1.82) is 0 Å². The van der Waals surface area contributed by atoms with E-state index in [4.69, 9.17) is 0 Å². The number of nitrogens with one attached hydrogen (secondary N) is 2. The van der Waals surface area contributed by atoms with Gasteiger partial charge in [0.1, 0.15) is 5.39 Å². The molecule has 24 heavy (non-hydrogen) atoms. The van der Waals surface area contributed by atoms with Gasteiger partial charge in [-0.3, -0.25) is 9.78 Å². The number of anilines is 1. The van der Waals surface area contributed by atoms with Gasteiger partial charge in [0.2, 0.25) is 5.95 Å². The normalized spacial score (nSPS) is 10.8. The molecule has 2 aromatic heterocycles. The summed E-state index contributed by atoms with van der Waals surface area (Å²) in [5, 5.41) is 3.16. The topological polar surface area (TPSA) is 92.7 Å². The predicted octanol–water partition coefficient (Wildman–Crippen LogP) is 1.68. The van der Waals surface area contributed by atoms with Gasteiger partial charge in [0, 0.05) is 12.7 Å². The summed E-state index contributed by atoms with van der Waals surface area (Å²) in [4.78, 5) is 36.1. The fraction of sp³-hybridized carbons (Fsp3) is 0.176. The molecule has 0 saturated heterocycles. The minimum atomic E-state index is -0.534. The van der Waals surface area contributed by atoms with Gasteiger partial charge in [-0.05, 0) is 25.5 Å². The molecular formula is C17H17N5O2. The van der Waals surface area contributed by atoms with Crippen molar-refractivity contribution < 1.29 is 0 Å². The fourth-order valence-electron chi connectivity index (χ4n) is 2.53. The molecule has 3 aromatic rings. The Kier molecular flexibility index (Phi) is 3.99. The van der Waals surface area contributed by atoms with E-state index < -0.39 is 11.2 Å². The highest BCUT2D eigenvalue weighted by atomic mass is 16.2. The number of aromatic amines is 1. The van der Waals surface area contributed by atoms with E-state index >= 15 is 0 Å². The molecule has 3 rings (SSSR count). The lowest BCUT2D eigenvalue weighted by Crippen LogP contribution is -2.34. The van der Waals surface area contributed by atoms with Gasteiger partial charge < -0.3 is 5.32 Å². The molecule has 0 bridgehead atoms. The molecule has 2 heterocycles. The molecule has 7 heteroatoms. The van der Waals surface area contributed by atoms with Gasteiger partial charge in [0.05, 0.1) is 5.69 Å². The summed E-state index contributed by atoms with van der Waals surface area (Å²) < 4.78 is 1.11. The van der Waals surface area contributed by atoms with Crippen LogP contribution in [0, 0.1) is 13.8 Å². The van der Waals surface area contributed by atoms with Crippen LogP contribution in [-0.4, -0.2) is 26.1 Å². The van der Waals surface area contributed by atoms with Crippen LogP contribution in [0.3, 0.4) is 0 Å². The minimum absolute atomic E-state index is 0.201. The Balaban J connectivity index is 2.22. The Hall–Kier alpha value is -3.22. The van der Waals surface area contributed by atoms with Crippen LogP contribution in [0.2, 0.25) is 0 Å². The van der Waals surface area contributed by atoms with Crippen LogP contribution in [0.1, 0.15) is 11.1 Å². The van der Waals surface area contributed by atoms with Crippen LogP contribution >= 0.6 is 0 Å². The standard InChI is InChI=1S/C17H17N5O2/c1-4-7-18-16-19-9-12-14(20-16)21-17(24)22(15(12)23)13-6-5-10(2)8-11(13)3/h4-6,8-9H,1,7H2,2-3H3,(H2,18,19,20,21,24). The maximum Gasteiger partial charge on any atom is 0.334 e. The number of fused-ring (bicyclic) bond motifs is 1. The summed E-state index contributed by atoms with van der Waals surface area (Å²) in [7, 11) is 0. The van der Waals surface area contributed by atoms with Crippen molar-refractivity contribution >= 4 is 17.0 Å². The Morgan fingerprint density at radius 2 is 2.12 bits per heavy atom. The Morgan fingerprint density at radius 3 is 2.83 bits per heavy atom. The van der Waals surface area contributed by atoms with Crippen LogP contribution in [0.5, 0.6) is 0 Å². The zero-order chi connectivity index (χ0) is 17.3. The monoisotopic (exact) mass is 323 g/mol. The first-order chi connectivity index (χ1) is 11.5. The van der Waals surface area contributed by atoms with E-state index in [-0.39, 0.29) is 11.0 Å². The van der Waals surface area contributed by atoms with Crippen LogP contribution < -0.4 is 16.6 Å². The van der Waals surface area contributed by atoms with E-state index in [2.05, 4.69) is 26.8 Å². The summed E-state index contributed by atoms with van der Waals surface area (Å²) in [6.45, 7) is 7.89. The summed E-state index contributed by atoms with van der Waals surface area (Å²) in [6, 6.07) is 5.54. The maximum atomic E-state index is 12.7. The van der Waals surface area contributed by atoms with E-state index in [1.54, 1.807) is 12.1 Å². The third-order valence-corrected chi connectivity index (χ3v) is 3.65. The van der Waals surface area contributed by atoms with Crippen LogP contribution in [0.15, 0.2) is 46.6 Å². The molecule has 0 aliphatic heterocycles. The van der Waals surface area contributed by atoms with Crippen molar-refractivity contribution in [3.63, 3.8) is 0 Å². The van der Waals surface area contributed by atoms with E-state index in [0.29, 0.717) is 18.2 Å². The molecule has 1 aromatic carbocycles. The molecule has 0 amide bonds. The Morgan fingerprint density at radius 1 is 1.33 bits per heavy atom. The fourth-order valence-corrected chi connectivity index (χ4v) is 2.53. The highest BCUT2D eigenvalue weighted by molar-refractivity contribution is 5.73. The Labute approximate surface area is 137 Å². The molecule has 0 radical (unpaired) electrons. The van der Waals surface area contributed by atoms with Crippen molar-refractivity contribution in [2.45, 2.75) is 13.8 Å². The molecule has 7 nitrogen and oxygen atoms in total. The molecule has 0 spiro atoms. The summed E-state index contributed by atoms with van der Waals surface area (Å²) >= 11 is 0. The first-order valence-electron chi connectivity index (χ1n) is 7.45. The lowest BCUT2D eigenvalue weighted by molar-refractivity contribution is 0.884. The third kappa shape index (κ3) is 2.71. The third-order valence-electron chi connectivity index (χ3n) is 3.65. The van der Waals surface area contributed by atoms with Crippen molar-refractivity contribution in [2.75, 3.05) is 11.9 Å². The first kappa shape index (κ1) is 15.7. The molecule has 0 aliphatic rings. The summed E-state index contributed by atoms with van der Waals surface area (Å²) in [6.07, 6.45) is 3.07. The summed E-state index contributed by atoms with van der Waals surface area (Å²) in [5.41, 5.74) is 1.66. The number of benzene rings is 1. The quantitative estimate of drug-likeness (QED) is 0.713. The van der Waals surface area contributed by atoms with Gasteiger partial charge in [-0.15, -0.1) is 6.58 Å². The second-order valence-electron chi connectivity index (χ2n) is 5.49. The molecule has 0 fully saturated rings. The van der Waals surface area contributed by atoms with Crippen molar-refractivity contribution in [1.82, 2.24) is 19.5 Å². The number of aryl methyl sites for hydroxylation is 2. The second-order valence-corrected chi connectivity index (χ2v) is 5.49. The number of hydrogen-bond donors (Lipinski definition) is 2. The average Bonchev–Trinajstić information content (AvgIpc) is 2.54. The smallest absolute Gasteiger partial charge is 0.334 e. The number of nitrogens with zero attached hydrogens (tertiary/aromatic N) is 3.